The maximum atomic E-state index is 12.8. The number of aromatic nitrogens is 1. The third-order valence-corrected chi connectivity index (χ3v) is 6.00. The Labute approximate surface area is 185 Å². The molecule has 3 atom stereocenters. The average Bonchev–Trinajstić information content (AvgIpc) is 3.50. The van der Waals surface area contributed by atoms with Crippen LogP contribution >= 0.6 is 0 Å². The minimum atomic E-state index is -1.06. The van der Waals surface area contributed by atoms with Gasteiger partial charge in [0.25, 0.3) is 5.91 Å². The van der Waals surface area contributed by atoms with Crippen LogP contribution in [0.5, 0.6) is 0 Å². The molecule has 174 valence electrons. The van der Waals surface area contributed by atoms with Gasteiger partial charge in [-0.1, -0.05) is 0 Å². The van der Waals surface area contributed by atoms with Crippen LogP contribution in [0.2, 0.25) is 0 Å². The quantitative estimate of drug-likeness (QED) is 0.506. The highest BCUT2D eigenvalue weighted by molar-refractivity contribution is 5.98. The van der Waals surface area contributed by atoms with Crippen molar-refractivity contribution >= 4 is 29.6 Å². The normalized spacial score (nSPS) is 21.3. The number of carbonyl (C=O) groups excluding carboxylic acids is 4. The summed E-state index contributed by atoms with van der Waals surface area (Å²) in [5, 5.41) is 14.3. The zero-order valence-corrected chi connectivity index (χ0v) is 18.2. The van der Waals surface area contributed by atoms with E-state index in [0.717, 1.165) is 0 Å². The predicted octanol–water partition coefficient (Wildman–Crippen LogP) is -0.674. The van der Waals surface area contributed by atoms with Crippen molar-refractivity contribution in [2.24, 2.45) is 7.05 Å². The third-order valence-electron chi connectivity index (χ3n) is 6.00. The Hall–Kier alpha value is -3.37. The Morgan fingerprint density at radius 2 is 1.75 bits per heavy atom. The molecular weight excluding hydrogens is 418 g/mol. The summed E-state index contributed by atoms with van der Waals surface area (Å²) in [5.74, 6) is -2.76. The smallest absolute Gasteiger partial charge is 0.326 e. The number of aryl methyl sites for hydroxylation is 1. The molecule has 0 radical (unpaired) electrons. The minimum absolute atomic E-state index is 0.239. The average molecular weight is 447 g/mol. The van der Waals surface area contributed by atoms with Crippen LogP contribution in [0.3, 0.4) is 0 Å². The summed E-state index contributed by atoms with van der Waals surface area (Å²) in [7, 11) is 1.76. The molecule has 0 saturated carbocycles. The Morgan fingerprint density at radius 1 is 1.09 bits per heavy atom. The molecule has 11 nitrogen and oxygen atoms in total. The molecule has 2 aliphatic heterocycles. The molecule has 2 aliphatic rings. The van der Waals surface area contributed by atoms with Crippen LogP contribution in [0.25, 0.3) is 0 Å². The number of carboxylic acid groups (broad SMARTS) is 1. The first-order valence-corrected chi connectivity index (χ1v) is 10.7. The molecule has 1 aromatic heterocycles. The molecule has 11 heteroatoms. The van der Waals surface area contributed by atoms with E-state index >= 15 is 0 Å². The lowest BCUT2D eigenvalue weighted by atomic mass is 10.1. The number of aliphatic carboxylic acids is 1. The van der Waals surface area contributed by atoms with Gasteiger partial charge >= 0.3 is 5.97 Å². The van der Waals surface area contributed by atoms with Gasteiger partial charge in [0, 0.05) is 26.3 Å². The van der Waals surface area contributed by atoms with E-state index in [2.05, 4.69) is 10.6 Å². The first-order valence-electron chi connectivity index (χ1n) is 10.7. The topological polar surface area (TPSA) is 141 Å². The second-order valence-corrected chi connectivity index (χ2v) is 8.19. The van der Waals surface area contributed by atoms with E-state index in [1.165, 1.54) is 16.7 Å². The largest absolute Gasteiger partial charge is 0.480 e. The summed E-state index contributed by atoms with van der Waals surface area (Å²) in [6, 6.07) is 0.990. The Bertz CT molecular complexity index is 912. The molecule has 0 aromatic carbocycles. The summed E-state index contributed by atoms with van der Waals surface area (Å²) in [5.41, 5.74) is 0.482. The highest BCUT2D eigenvalue weighted by Crippen LogP contribution is 2.21. The van der Waals surface area contributed by atoms with Crippen LogP contribution in [0.1, 0.15) is 43.1 Å². The van der Waals surface area contributed by atoms with E-state index in [-0.39, 0.29) is 12.5 Å². The van der Waals surface area contributed by atoms with Crippen LogP contribution in [-0.2, 0) is 26.2 Å². The van der Waals surface area contributed by atoms with Gasteiger partial charge in [-0.3, -0.25) is 19.2 Å². The number of hydrogen-bond acceptors (Lipinski definition) is 5. The summed E-state index contributed by atoms with van der Waals surface area (Å²) in [4.78, 5) is 64.2. The van der Waals surface area contributed by atoms with E-state index < -0.39 is 41.8 Å². The van der Waals surface area contributed by atoms with Gasteiger partial charge in [0.05, 0.1) is 6.54 Å². The van der Waals surface area contributed by atoms with Crippen LogP contribution in [0, 0.1) is 0 Å². The molecular formula is C21H29N5O6. The molecule has 4 amide bonds. The fraction of sp³-hybridized carbons (Fsp3) is 0.571. The molecule has 3 rings (SSSR count). The lowest BCUT2D eigenvalue weighted by Gasteiger charge is -2.26. The van der Waals surface area contributed by atoms with E-state index in [9.17, 15) is 29.1 Å². The first kappa shape index (κ1) is 23.3. The second kappa shape index (κ2) is 9.84. The van der Waals surface area contributed by atoms with Crippen molar-refractivity contribution in [3.63, 3.8) is 0 Å². The van der Waals surface area contributed by atoms with Crippen LogP contribution in [0.4, 0.5) is 0 Å². The maximum Gasteiger partial charge on any atom is 0.326 e. The Kier molecular flexibility index (Phi) is 7.16. The number of amides is 4. The predicted molar refractivity (Wildman–Crippen MR) is 112 cm³/mol. The van der Waals surface area contributed by atoms with Gasteiger partial charge < -0.3 is 30.1 Å². The number of carbonyl (C=O) groups is 5. The first-order chi connectivity index (χ1) is 15.2. The SMILES string of the molecule is C[C@H](NC(=O)[C@@H]1CCCN1C(=O)c1cccn1C)C(=O)NCC(=O)N1CCC[C@H]1C(=O)O. The molecule has 32 heavy (non-hydrogen) atoms. The number of nitrogens with one attached hydrogen (secondary N) is 2. The van der Waals surface area contributed by atoms with E-state index in [1.54, 1.807) is 29.9 Å². The molecule has 3 N–H and O–H groups in total. The lowest BCUT2D eigenvalue weighted by molar-refractivity contribution is -0.148. The second-order valence-electron chi connectivity index (χ2n) is 8.19. The third kappa shape index (κ3) is 4.92. The molecule has 0 bridgehead atoms. The van der Waals surface area contributed by atoms with Gasteiger partial charge in [-0.05, 0) is 44.7 Å². The van der Waals surface area contributed by atoms with Crippen molar-refractivity contribution in [2.45, 2.75) is 50.7 Å². The van der Waals surface area contributed by atoms with Gasteiger partial charge in [-0.2, -0.15) is 0 Å². The molecule has 0 unspecified atom stereocenters. The summed E-state index contributed by atoms with van der Waals surface area (Å²) < 4.78 is 1.69. The number of rotatable bonds is 7. The lowest BCUT2D eigenvalue weighted by Crippen LogP contribution is -2.53. The standard InChI is InChI=1S/C21H29N5O6/c1-13(18(28)22-12-17(27)25-10-5-8-16(25)21(31)32)23-19(29)14-6-4-11-26(14)20(30)15-7-3-9-24(15)2/h3,7,9,13-14,16H,4-6,8,10-12H2,1-2H3,(H,22,28)(H,23,29)(H,31,32)/t13-,14-,16-/m0/s1. The van der Waals surface area contributed by atoms with Crippen molar-refractivity contribution in [2.75, 3.05) is 19.6 Å². The highest BCUT2D eigenvalue weighted by Gasteiger charge is 2.37. The van der Waals surface area contributed by atoms with E-state index in [0.29, 0.717) is 44.5 Å². The highest BCUT2D eigenvalue weighted by atomic mass is 16.4. The number of carboxylic acids is 1. The fourth-order valence-corrected chi connectivity index (χ4v) is 4.23. The molecule has 0 aliphatic carbocycles. The number of nitrogens with zero attached hydrogens (tertiary/aromatic N) is 3. The van der Waals surface area contributed by atoms with Gasteiger partial charge in [0.15, 0.2) is 0 Å². The van der Waals surface area contributed by atoms with Crippen molar-refractivity contribution in [3.05, 3.63) is 24.0 Å². The molecule has 3 heterocycles. The van der Waals surface area contributed by atoms with Gasteiger partial charge in [-0.25, -0.2) is 4.79 Å². The van der Waals surface area contributed by atoms with Gasteiger partial charge in [0.1, 0.15) is 23.8 Å². The molecule has 0 spiro atoms. The summed E-state index contributed by atoms with van der Waals surface area (Å²) in [6.07, 6.45) is 3.93. The number of likely N-dealkylation sites (tertiary alicyclic amines) is 2. The van der Waals surface area contributed by atoms with Gasteiger partial charge in [-0.15, -0.1) is 0 Å². The fourth-order valence-electron chi connectivity index (χ4n) is 4.23. The Morgan fingerprint density at radius 3 is 2.38 bits per heavy atom. The zero-order valence-electron chi connectivity index (χ0n) is 18.2. The molecule has 2 saturated heterocycles. The monoisotopic (exact) mass is 447 g/mol. The summed E-state index contributed by atoms with van der Waals surface area (Å²) >= 11 is 0. The van der Waals surface area contributed by atoms with E-state index in [4.69, 9.17) is 0 Å². The summed E-state index contributed by atoms with van der Waals surface area (Å²) in [6.45, 7) is 1.94. The zero-order chi connectivity index (χ0) is 23.4. The van der Waals surface area contributed by atoms with E-state index in [1.807, 2.05) is 0 Å². The molecule has 1 aromatic rings. The van der Waals surface area contributed by atoms with Crippen molar-refractivity contribution in [1.29, 1.82) is 0 Å². The maximum absolute atomic E-state index is 12.8. The van der Waals surface area contributed by atoms with Crippen molar-refractivity contribution in [3.8, 4) is 0 Å². The van der Waals surface area contributed by atoms with Crippen molar-refractivity contribution in [1.82, 2.24) is 25.0 Å². The Balaban J connectivity index is 1.51. The van der Waals surface area contributed by atoms with Crippen LogP contribution < -0.4 is 10.6 Å². The van der Waals surface area contributed by atoms with Crippen molar-refractivity contribution < 1.29 is 29.1 Å². The van der Waals surface area contributed by atoms with Crippen LogP contribution in [0.15, 0.2) is 18.3 Å². The minimum Gasteiger partial charge on any atom is -0.480 e. The van der Waals surface area contributed by atoms with Crippen LogP contribution in [-0.4, -0.2) is 86.8 Å². The number of hydrogen-bond donors (Lipinski definition) is 3. The van der Waals surface area contributed by atoms with Gasteiger partial charge in [0.2, 0.25) is 17.7 Å². The molecule has 2 fully saturated rings.